The van der Waals surface area contributed by atoms with Crippen LogP contribution in [0.3, 0.4) is 0 Å². The summed E-state index contributed by atoms with van der Waals surface area (Å²) in [6.07, 6.45) is 1.85. The van der Waals surface area contributed by atoms with Gasteiger partial charge in [0, 0.05) is 39.0 Å². The SMILES string of the molecule is c1ccc2c(c1)-c1cccc3cccc(c13)N2c1nc(-c2ccc(-c3cccc4cccnc34)cc2)c2oc3ccccc3c2n1. The molecule has 214 valence electrons. The van der Waals surface area contributed by atoms with E-state index < -0.39 is 0 Å². The molecule has 1 aliphatic rings. The van der Waals surface area contributed by atoms with Gasteiger partial charge in [-0.3, -0.25) is 9.88 Å². The standard InChI is InChI=1S/C41H24N4O/c1-3-17-33-30(13-1)31-16-5-9-26-10-7-18-34(36(26)31)45(33)41-43-38(40-39(44-41)32-14-2-4-19-35(32)46-40)28-22-20-25(21-23-28)29-15-6-11-27-12-8-24-42-37(27)29/h1-24H. The van der Waals surface area contributed by atoms with Crippen molar-refractivity contribution in [1.82, 2.24) is 15.0 Å². The molecule has 6 aromatic carbocycles. The number of pyridine rings is 1. The Morgan fingerprint density at radius 2 is 1.20 bits per heavy atom. The number of fused-ring (bicyclic) bond motifs is 6. The minimum Gasteiger partial charge on any atom is -0.452 e. The first-order chi connectivity index (χ1) is 22.8. The first-order valence-electron chi connectivity index (χ1n) is 15.4. The molecule has 0 unspecified atom stereocenters. The van der Waals surface area contributed by atoms with Gasteiger partial charge in [0.2, 0.25) is 5.95 Å². The topological polar surface area (TPSA) is 55.1 Å². The molecule has 0 saturated carbocycles. The normalized spacial score (nSPS) is 12.3. The predicted molar refractivity (Wildman–Crippen MR) is 187 cm³/mol. The number of anilines is 3. The van der Waals surface area contributed by atoms with E-state index in [1.165, 1.54) is 16.3 Å². The third-order valence-electron chi connectivity index (χ3n) is 9.07. The van der Waals surface area contributed by atoms with Gasteiger partial charge in [0.15, 0.2) is 5.58 Å². The molecule has 10 rings (SSSR count). The van der Waals surface area contributed by atoms with Crippen LogP contribution in [0.2, 0.25) is 0 Å². The van der Waals surface area contributed by atoms with Crippen molar-refractivity contribution in [2.45, 2.75) is 0 Å². The maximum atomic E-state index is 6.48. The summed E-state index contributed by atoms with van der Waals surface area (Å²) in [5.74, 6) is 0.603. The summed E-state index contributed by atoms with van der Waals surface area (Å²) in [7, 11) is 0. The summed E-state index contributed by atoms with van der Waals surface area (Å²) in [4.78, 5) is 17.4. The zero-order valence-corrected chi connectivity index (χ0v) is 24.6. The van der Waals surface area contributed by atoms with Gasteiger partial charge in [-0.05, 0) is 46.8 Å². The van der Waals surface area contributed by atoms with Gasteiger partial charge in [-0.25, -0.2) is 9.97 Å². The fourth-order valence-electron chi connectivity index (χ4n) is 6.99. The van der Waals surface area contributed by atoms with Crippen molar-refractivity contribution in [3.8, 4) is 33.5 Å². The molecule has 1 aliphatic heterocycles. The fraction of sp³-hybridized carbons (Fsp3) is 0. The van der Waals surface area contributed by atoms with E-state index in [1.807, 2.05) is 30.5 Å². The third-order valence-corrected chi connectivity index (χ3v) is 9.07. The molecule has 9 aromatic rings. The predicted octanol–water partition coefficient (Wildman–Crippen LogP) is 10.9. The highest BCUT2D eigenvalue weighted by molar-refractivity contribution is 6.14. The van der Waals surface area contributed by atoms with Crippen molar-refractivity contribution in [3.05, 3.63) is 146 Å². The molecule has 0 bridgehead atoms. The lowest BCUT2D eigenvalue weighted by Crippen LogP contribution is -2.17. The number of furan rings is 1. The molecular formula is C41H24N4O. The molecule has 0 radical (unpaired) electrons. The third kappa shape index (κ3) is 3.60. The second-order valence-electron chi connectivity index (χ2n) is 11.6. The number of hydrogen-bond donors (Lipinski definition) is 0. The zero-order valence-electron chi connectivity index (χ0n) is 24.6. The molecule has 5 heteroatoms. The largest absolute Gasteiger partial charge is 0.452 e. The molecule has 46 heavy (non-hydrogen) atoms. The van der Waals surface area contributed by atoms with Gasteiger partial charge in [-0.15, -0.1) is 0 Å². The van der Waals surface area contributed by atoms with Crippen LogP contribution >= 0.6 is 0 Å². The van der Waals surface area contributed by atoms with E-state index in [4.69, 9.17) is 14.4 Å². The summed E-state index contributed by atoms with van der Waals surface area (Å²) >= 11 is 0. The highest BCUT2D eigenvalue weighted by Crippen LogP contribution is 2.50. The Bertz CT molecular complexity index is 2650. The minimum atomic E-state index is 0.603. The highest BCUT2D eigenvalue weighted by Gasteiger charge is 2.29. The van der Waals surface area contributed by atoms with Crippen LogP contribution in [0.4, 0.5) is 17.3 Å². The Morgan fingerprint density at radius 3 is 2.11 bits per heavy atom. The van der Waals surface area contributed by atoms with Crippen LogP contribution in [0.5, 0.6) is 0 Å². The number of hydrogen-bond acceptors (Lipinski definition) is 5. The molecule has 0 N–H and O–H groups in total. The van der Waals surface area contributed by atoms with Crippen LogP contribution in [-0.4, -0.2) is 15.0 Å². The lowest BCUT2D eigenvalue weighted by Gasteiger charge is -2.32. The minimum absolute atomic E-state index is 0.603. The number of nitrogens with zero attached hydrogens (tertiary/aromatic N) is 4. The summed E-state index contributed by atoms with van der Waals surface area (Å²) in [6.45, 7) is 0. The Kier molecular flexibility index (Phi) is 5.22. The van der Waals surface area contributed by atoms with Crippen LogP contribution in [0, 0.1) is 0 Å². The van der Waals surface area contributed by atoms with Crippen molar-refractivity contribution in [1.29, 1.82) is 0 Å². The van der Waals surface area contributed by atoms with Crippen LogP contribution in [0.15, 0.2) is 150 Å². The zero-order chi connectivity index (χ0) is 30.2. The smallest absolute Gasteiger partial charge is 0.236 e. The summed E-state index contributed by atoms with van der Waals surface area (Å²) in [5, 5.41) is 4.46. The number of aromatic nitrogens is 3. The second-order valence-corrected chi connectivity index (χ2v) is 11.6. The van der Waals surface area contributed by atoms with Gasteiger partial charge < -0.3 is 4.42 Å². The molecule has 4 heterocycles. The number of rotatable bonds is 3. The van der Waals surface area contributed by atoms with E-state index in [-0.39, 0.29) is 0 Å². The van der Waals surface area contributed by atoms with Gasteiger partial charge in [0.25, 0.3) is 0 Å². The first-order valence-corrected chi connectivity index (χ1v) is 15.4. The molecule has 0 saturated heterocycles. The lowest BCUT2D eigenvalue weighted by molar-refractivity contribution is 0.667. The molecule has 3 aromatic heterocycles. The average molecular weight is 589 g/mol. The molecule has 0 aliphatic carbocycles. The van der Waals surface area contributed by atoms with Gasteiger partial charge >= 0.3 is 0 Å². The van der Waals surface area contributed by atoms with Gasteiger partial charge in [-0.1, -0.05) is 109 Å². The summed E-state index contributed by atoms with van der Waals surface area (Å²) in [6, 6.07) is 48.4. The Hall–Kier alpha value is -6.33. The lowest BCUT2D eigenvalue weighted by atomic mass is 9.91. The second kappa shape index (κ2) is 9.58. The van der Waals surface area contributed by atoms with Gasteiger partial charge in [0.1, 0.15) is 16.8 Å². The monoisotopic (exact) mass is 588 g/mol. The highest BCUT2D eigenvalue weighted by atomic mass is 16.3. The first kappa shape index (κ1) is 25.0. The maximum Gasteiger partial charge on any atom is 0.236 e. The van der Waals surface area contributed by atoms with Gasteiger partial charge in [-0.2, -0.15) is 0 Å². The van der Waals surface area contributed by atoms with Crippen molar-refractivity contribution in [2.24, 2.45) is 0 Å². The van der Waals surface area contributed by atoms with E-state index in [2.05, 4.69) is 125 Å². The van der Waals surface area contributed by atoms with Gasteiger partial charge in [0.05, 0.1) is 16.9 Å². The molecule has 5 nitrogen and oxygen atoms in total. The Morgan fingerprint density at radius 1 is 0.500 bits per heavy atom. The van der Waals surface area contributed by atoms with E-state index in [9.17, 15) is 0 Å². The van der Waals surface area contributed by atoms with E-state index >= 15 is 0 Å². The van der Waals surface area contributed by atoms with Crippen molar-refractivity contribution in [3.63, 3.8) is 0 Å². The summed E-state index contributed by atoms with van der Waals surface area (Å²) < 4.78 is 6.48. The van der Waals surface area contributed by atoms with E-state index in [1.54, 1.807) is 0 Å². The van der Waals surface area contributed by atoms with Crippen LogP contribution < -0.4 is 4.90 Å². The van der Waals surface area contributed by atoms with Crippen LogP contribution in [0.25, 0.3) is 77.3 Å². The van der Waals surface area contributed by atoms with Crippen molar-refractivity contribution < 1.29 is 4.42 Å². The number of para-hydroxylation sites is 3. The van der Waals surface area contributed by atoms with Crippen molar-refractivity contribution >= 4 is 61.1 Å². The van der Waals surface area contributed by atoms with Crippen LogP contribution in [0.1, 0.15) is 0 Å². The molecule has 0 amide bonds. The molecule has 0 atom stereocenters. The molecular weight excluding hydrogens is 564 g/mol. The summed E-state index contributed by atoms with van der Waals surface area (Å²) in [5.41, 5.74) is 11.6. The maximum absolute atomic E-state index is 6.48. The fourth-order valence-corrected chi connectivity index (χ4v) is 6.99. The average Bonchev–Trinajstić information content (AvgIpc) is 3.50. The Balaban J connectivity index is 1.22. The van der Waals surface area contributed by atoms with E-state index in [0.717, 1.165) is 66.7 Å². The van der Waals surface area contributed by atoms with Crippen LogP contribution in [-0.2, 0) is 0 Å². The number of benzene rings is 6. The quantitative estimate of drug-likeness (QED) is 0.205. The Labute approximate surface area is 264 Å². The molecule has 0 spiro atoms. The van der Waals surface area contributed by atoms with E-state index in [0.29, 0.717) is 11.5 Å². The molecule has 0 fully saturated rings. The van der Waals surface area contributed by atoms with Crippen molar-refractivity contribution in [2.75, 3.05) is 4.90 Å².